The van der Waals surface area contributed by atoms with Crippen molar-refractivity contribution in [1.82, 2.24) is 4.98 Å². The minimum absolute atomic E-state index is 0.0164. The Morgan fingerprint density at radius 1 is 0.833 bits per heavy atom. The second-order valence-electron chi connectivity index (χ2n) is 16.3. The van der Waals surface area contributed by atoms with E-state index in [1.54, 1.807) is 18.2 Å². The van der Waals surface area contributed by atoms with Gasteiger partial charge in [0.2, 0.25) is 5.91 Å². The number of fused-ring (bicyclic) bond motifs is 7. The van der Waals surface area contributed by atoms with E-state index in [0.717, 1.165) is 55.4 Å². The second kappa shape index (κ2) is 17.7. The van der Waals surface area contributed by atoms with Gasteiger partial charge in [-0.1, -0.05) is 69.7 Å². The number of rotatable bonds is 5. The molecule has 1 heterocycles. The van der Waals surface area contributed by atoms with Crippen molar-refractivity contribution in [2.75, 3.05) is 5.32 Å². The molecular formula is C46H58N2O5S. The number of hydrogen-bond acceptors (Lipinski definition) is 5. The van der Waals surface area contributed by atoms with Crippen molar-refractivity contribution in [2.45, 2.75) is 98.8 Å². The summed E-state index contributed by atoms with van der Waals surface area (Å²) in [4.78, 5) is 41.2. The quantitative estimate of drug-likeness (QED) is 0.207. The van der Waals surface area contributed by atoms with E-state index in [1.165, 1.54) is 37.5 Å². The molecule has 2 aromatic rings. The number of nitrogens with one attached hydrogen (secondary N) is 1. The molecule has 54 heavy (non-hydrogen) atoms. The van der Waals surface area contributed by atoms with Crippen LogP contribution >= 0.6 is 11.3 Å². The van der Waals surface area contributed by atoms with Gasteiger partial charge in [0, 0.05) is 0 Å². The zero-order valence-corrected chi connectivity index (χ0v) is 33.5. The number of allylic oxidation sites excluding steroid dienone is 3. The molecule has 1 aromatic heterocycles. The van der Waals surface area contributed by atoms with Crippen LogP contribution in [0.2, 0.25) is 0 Å². The molecule has 4 unspecified atom stereocenters. The fourth-order valence-corrected chi connectivity index (χ4v) is 12.8. The number of anilines is 1. The number of hydrogen-bond donors (Lipinski definition) is 3. The van der Waals surface area contributed by atoms with Crippen LogP contribution in [-0.4, -0.2) is 33.0 Å². The van der Waals surface area contributed by atoms with Gasteiger partial charge in [-0.25, -0.2) is 14.6 Å². The molecule has 0 radical (unpaired) electrons. The standard InChI is InChI=1S/C37H46N2O5S.C3H6.3C2H2/c1-34(2)24(21-7-9-22(10-8-21)30(40)41)13-17-36(4)28(34)15-18-35(3)25-14-19-37(16-5-6-26(37)23(25)11-12-29(35)36)32(44)39-33-38-20-27(45-33)31(42)43;1-3-2;3*1-2/h7-10,13,20,23,25-26,28-29H,5-6,11-12,14-19H2,1-4H3,(H,40,41)(H,42,43)(H,38,39,44);3H,1H2,2H3;3*1-2H/t23-,25?,26?,28?,29?,35-,36-,37-;;;;/m0..../s1. The third-order valence-corrected chi connectivity index (χ3v) is 14.8. The lowest BCUT2D eigenvalue weighted by Gasteiger charge is -2.68. The van der Waals surface area contributed by atoms with Gasteiger partial charge in [-0.3, -0.25) is 4.79 Å². The van der Waals surface area contributed by atoms with E-state index in [4.69, 9.17) is 0 Å². The van der Waals surface area contributed by atoms with Crippen LogP contribution in [0, 0.1) is 89.8 Å². The van der Waals surface area contributed by atoms with Crippen LogP contribution < -0.4 is 5.32 Å². The van der Waals surface area contributed by atoms with Crippen molar-refractivity contribution in [2.24, 2.45) is 51.2 Å². The number of nitrogens with zero attached hydrogens (tertiary/aromatic N) is 1. The molecule has 1 amide bonds. The predicted molar refractivity (Wildman–Crippen MR) is 221 cm³/mol. The summed E-state index contributed by atoms with van der Waals surface area (Å²) in [5, 5.41) is 22.2. The SMILES string of the molecule is C#C.C#C.C#C.C=CC.CC1(C)C(c2ccc(C(=O)O)cc2)=CC[C@@]2(C)C1CC[C@@]1(C)C3CC[C@@]4(C(=O)Nc5ncc(C(=O)O)s5)CCCC4[C@H]3CCC12. The van der Waals surface area contributed by atoms with Crippen LogP contribution in [-0.2, 0) is 4.79 Å². The highest BCUT2D eigenvalue weighted by Crippen LogP contribution is 2.73. The molecule has 8 atom stereocenters. The fraction of sp³-hybridized carbons (Fsp3) is 0.522. The molecule has 8 heteroatoms. The highest BCUT2D eigenvalue weighted by molar-refractivity contribution is 7.17. The molecule has 4 fully saturated rings. The molecule has 7 nitrogen and oxygen atoms in total. The molecular weight excluding hydrogens is 693 g/mol. The van der Waals surface area contributed by atoms with Crippen LogP contribution in [0.1, 0.15) is 124 Å². The van der Waals surface area contributed by atoms with Gasteiger partial charge >= 0.3 is 11.9 Å². The van der Waals surface area contributed by atoms with Crippen LogP contribution in [0.5, 0.6) is 0 Å². The van der Waals surface area contributed by atoms with E-state index in [0.29, 0.717) is 40.3 Å². The van der Waals surface area contributed by atoms with Crippen molar-refractivity contribution >= 4 is 39.9 Å². The first kappa shape index (κ1) is 43.8. The maximum Gasteiger partial charge on any atom is 0.347 e. The van der Waals surface area contributed by atoms with E-state index >= 15 is 0 Å². The number of carboxylic acids is 2. The third-order valence-electron chi connectivity index (χ3n) is 13.9. The Hall–Kier alpha value is -4.58. The van der Waals surface area contributed by atoms with Crippen molar-refractivity contribution in [3.63, 3.8) is 0 Å². The highest BCUT2D eigenvalue weighted by atomic mass is 32.1. The van der Waals surface area contributed by atoms with Crippen LogP contribution in [0.25, 0.3) is 5.57 Å². The summed E-state index contributed by atoms with van der Waals surface area (Å²) < 4.78 is 0. The number of carbonyl (C=O) groups excluding carboxylic acids is 1. The summed E-state index contributed by atoms with van der Waals surface area (Å²) in [6.45, 7) is 15.2. The number of benzene rings is 1. The van der Waals surface area contributed by atoms with E-state index in [1.807, 2.05) is 19.1 Å². The smallest absolute Gasteiger partial charge is 0.347 e. The van der Waals surface area contributed by atoms with E-state index < -0.39 is 11.9 Å². The van der Waals surface area contributed by atoms with Gasteiger partial charge in [0.1, 0.15) is 4.88 Å². The number of thiazole rings is 1. The van der Waals surface area contributed by atoms with E-state index in [9.17, 15) is 24.6 Å². The summed E-state index contributed by atoms with van der Waals surface area (Å²) in [7, 11) is 0. The van der Waals surface area contributed by atoms with Crippen molar-refractivity contribution in [1.29, 1.82) is 0 Å². The van der Waals surface area contributed by atoms with E-state index in [2.05, 4.69) is 89.2 Å². The van der Waals surface area contributed by atoms with Crippen LogP contribution in [0.15, 0.2) is 49.2 Å². The molecule has 0 bridgehead atoms. The van der Waals surface area contributed by atoms with Gasteiger partial charge in [0.05, 0.1) is 17.2 Å². The van der Waals surface area contributed by atoms with Crippen LogP contribution in [0.4, 0.5) is 5.13 Å². The second-order valence-corrected chi connectivity index (χ2v) is 17.4. The molecule has 7 rings (SSSR count). The normalized spacial score (nSPS) is 32.1. The molecule has 3 N–H and O–H groups in total. The van der Waals surface area contributed by atoms with E-state index in [-0.39, 0.29) is 32.4 Å². The molecule has 0 spiro atoms. The number of aromatic nitrogens is 1. The lowest BCUT2D eigenvalue weighted by atomic mass is 9.36. The first-order valence-corrected chi connectivity index (χ1v) is 19.7. The summed E-state index contributed by atoms with van der Waals surface area (Å²) in [6.07, 6.45) is 40.5. The molecule has 1 aromatic carbocycles. The Bertz CT molecular complexity index is 1750. The third kappa shape index (κ3) is 7.54. The molecule has 288 valence electrons. The fourth-order valence-electron chi connectivity index (χ4n) is 12.2. The van der Waals surface area contributed by atoms with Gasteiger partial charge in [0.15, 0.2) is 5.13 Å². The van der Waals surface area contributed by atoms with Crippen LogP contribution in [0.3, 0.4) is 0 Å². The number of amides is 1. The Morgan fingerprint density at radius 2 is 1.46 bits per heavy atom. The number of carboxylic acid groups (broad SMARTS) is 2. The topological polar surface area (TPSA) is 117 Å². The molecule has 5 aliphatic carbocycles. The zero-order chi connectivity index (χ0) is 40.6. The Labute approximate surface area is 327 Å². The molecule has 0 aliphatic heterocycles. The van der Waals surface area contributed by atoms with Gasteiger partial charge in [0.25, 0.3) is 0 Å². The average molecular weight is 751 g/mol. The minimum atomic E-state index is -1.01. The van der Waals surface area contributed by atoms with Crippen molar-refractivity contribution in [3.8, 4) is 38.5 Å². The zero-order valence-electron chi connectivity index (χ0n) is 32.6. The number of terminal acetylenes is 3. The molecule has 0 saturated heterocycles. The minimum Gasteiger partial charge on any atom is -0.478 e. The first-order chi connectivity index (χ1) is 25.7. The van der Waals surface area contributed by atoms with Crippen molar-refractivity contribution in [3.05, 3.63) is 65.2 Å². The lowest BCUT2D eigenvalue weighted by molar-refractivity contribution is -0.180. The maximum atomic E-state index is 14.0. The molecule has 5 aliphatic rings. The number of carbonyl (C=O) groups is 3. The molecule has 4 saturated carbocycles. The Kier molecular flexibility index (Phi) is 14.4. The summed E-state index contributed by atoms with van der Waals surface area (Å²) >= 11 is 1.04. The Balaban J connectivity index is 0.000000807. The summed E-state index contributed by atoms with van der Waals surface area (Å²) in [5.74, 6) is 0.878. The van der Waals surface area contributed by atoms with Gasteiger partial charge in [-0.2, -0.15) is 0 Å². The maximum absolute atomic E-state index is 14.0. The van der Waals surface area contributed by atoms with Gasteiger partial charge < -0.3 is 15.5 Å². The monoisotopic (exact) mass is 750 g/mol. The van der Waals surface area contributed by atoms with Crippen molar-refractivity contribution < 1.29 is 24.6 Å². The highest BCUT2D eigenvalue weighted by Gasteiger charge is 2.66. The Morgan fingerprint density at radius 3 is 2.04 bits per heavy atom. The number of aromatic carboxylic acids is 2. The lowest BCUT2D eigenvalue weighted by Crippen LogP contribution is -2.61. The summed E-state index contributed by atoms with van der Waals surface area (Å²) in [6, 6.07) is 7.45. The van der Waals surface area contributed by atoms with Gasteiger partial charge in [-0.15, -0.1) is 45.1 Å². The first-order valence-electron chi connectivity index (χ1n) is 18.8. The largest absolute Gasteiger partial charge is 0.478 e. The predicted octanol–water partition coefficient (Wildman–Crippen LogP) is 10.6. The average Bonchev–Trinajstić information content (AvgIpc) is 3.83. The van der Waals surface area contributed by atoms with Gasteiger partial charge in [-0.05, 0) is 134 Å². The summed E-state index contributed by atoms with van der Waals surface area (Å²) in [5.41, 5.74) is 2.88.